The molecule has 160 valence electrons. The zero-order chi connectivity index (χ0) is 21.6. The number of rotatable bonds is 9. The Morgan fingerprint density at radius 3 is 2.68 bits per heavy atom. The fourth-order valence-corrected chi connectivity index (χ4v) is 5.26. The van der Waals surface area contributed by atoms with Gasteiger partial charge in [-0.3, -0.25) is 0 Å². The average Bonchev–Trinajstić information content (AvgIpc) is 3.47. The molecular weight excluding hydrogens is 444 g/mol. The van der Waals surface area contributed by atoms with Crippen molar-refractivity contribution in [3.63, 3.8) is 0 Å². The van der Waals surface area contributed by atoms with Gasteiger partial charge in [-0.15, -0.1) is 22.7 Å². The fourth-order valence-electron chi connectivity index (χ4n) is 3.35. The summed E-state index contributed by atoms with van der Waals surface area (Å²) in [6.07, 6.45) is 4.05. The van der Waals surface area contributed by atoms with E-state index in [9.17, 15) is 0 Å². The van der Waals surface area contributed by atoms with Gasteiger partial charge < -0.3 is 10.2 Å². The largest absolute Gasteiger partial charge is 0.368 e. The second kappa shape index (κ2) is 10.4. The number of nitrogens with one attached hydrogen (secondary N) is 1. The van der Waals surface area contributed by atoms with Crippen molar-refractivity contribution in [3.05, 3.63) is 63.6 Å². The summed E-state index contributed by atoms with van der Waals surface area (Å²) in [6.45, 7) is 8.25. The van der Waals surface area contributed by atoms with Crippen molar-refractivity contribution >= 4 is 63.1 Å². The van der Waals surface area contributed by atoms with E-state index in [1.165, 1.54) is 14.6 Å². The molecule has 0 aliphatic rings. The average molecular weight is 469 g/mol. The van der Waals surface area contributed by atoms with Crippen LogP contribution in [0.25, 0.3) is 32.8 Å². The van der Waals surface area contributed by atoms with Crippen LogP contribution in [0.2, 0.25) is 5.02 Å². The zero-order valence-electron chi connectivity index (χ0n) is 17.6. The molecule has 0 spiro atoms. The third kappa shape index (κ3) is 5.52. The maximum absolute atomic E-state index is 6.23. The summed E-state index contributed by atoms with van der Waals surface area (Å²) in [4.78, 5) is 15.6. The SMILES string of the molecule is CCN(CC)CCNc1nc(C=Cc2ccc(-c3cccs3)s2)nc2cc(Cl)ccc12. The first-order valence-corrected chi connectivity index (χ1v) is 12.5. The second-order valence-corrected chi connectivity index (χ2v) is 9.56. The summed E-state index contributed by atoms with van der Waals surface area (Å²) in [5.74, 6) is 1.52. The van der Waals surface area contributed by atoms with E-state index < -0.39 is 0 Å². The highest BCUT2D eigenvalue weighted by Gasteiger charge is 2.08. The lowest BCUT2D eigenvalue weighted by Gasteiger charge is -2.18. The highest BCUT2D eigenvalue weighted by Crippen LogP contribution is 2.32. The second-order valence-electron chi connectivity index (χ2n) is 7.06. The molecule has 3 aromatic heterocycles. The highest BCUT2D eigenvalue weighted by molar-refractivity contribution is 7.21. The van der Waals surface area contributed by atoms with Gasteiger partial charge in [0.25, 0.3) is 0 Å². The van der Waals surface area contributed by atoms with Crippen LogP contribution in [0.3, 0.4) is 0 Å². The van der Waals surface area contributed by atoms with Crippen molar-refractivity contribution in [1.29, 1.82) is 0 Å². The molecule has 0 atom stereocenters. The molecule has 1 N–H and O–H groups in total. The molecule has 0 fully saturated rings. The molecule has 0 amide bonds. The van der Waals surface area contributed by atoms with Crippen LogP contribution in [0.15, 0.2) is 47.8 Å². The van der Waals surface area contributed by atoms with Crippen LogP contribution in [0, 0.1) is 0 Å². The minimum absolute atomic E-state index is 0.672. The van der Waals surface area contributed by atoms with Gasteiger partial charge >= 0.3 is 0 Å². The Morgan fingerprint density at radius 2 is 1.90 bits per heavy atom. The number of hydrogen-bond donors (Lipinski definition) is 1. The molecule has 0 aliphatic heterocycles. The number of likely N-dealkylation sites (N-methyl/N-ethyl adjacent to an activating group) is 1. The molecule has 31 heavy (non-hydrogen) atoms. The van der Waals surface area contributed by atoms with E-state index in [2.05, 4.69) is 59.8 Å². The quantitative estimate of drug-likeness (QED) is 0.287. The maximum atomic E-state index is 6.23. The zero-order valence-corrected chi connectivity index (χ0v) is 20.0. The molecule has 4 nitrogen and oxygen atoms in total. The number of nitrogens with zero attached hydrogens (tertiary/aromatic N) is 3. The molecule has 3 heterocycles. The molecule has 4 rings (SSSR count). The normalized spacial score (nSPS) is 11.7. The van der Waals surface area contributed by atoms with Crippen LogP contribution in [-0.2, 0) is 0 Å². The van der Waals surface area contributed by atoms with Crippen molar-refractivity contribution in [2.24, 2.45) is 0 Å². The van der Waals surface area contributed by atoms with E-state index >= 15 is 0 Å². The number of hydrogen-bond acceptors (Lipinski definition) is 6. The van der Waals surface area contributed by atoms with Crippen LogP contribution in [0.4, 0.5) is 5.82 Å². The molecular formula is C24H25ClN4S2. The van der Waals surface area contributed by atoms with Crippen LogP contribution in [0.5, 0.6) is 0 Å². The van der Waals surface area contributed by atoms with E-state index in [-0.39, 0.29) is 0 Å². The van der Waals surface area contributed by atoms with Crippen LogP contribution in [0.1, 0.15) is 24.5 Å². The van der Waals surface area contributed by atoms with Gasteiger partial charge in [0.15, 0.2) is 5.82 Å². The molecule has 0 bridgehead atoms. The first-order chi connectivity index (χ1) is 15.2. The monoisotopic (exact) mass is 468 g/mol. The van der Waals surface area contributed by atoms with Gasteiger partial charge in [-0.25, -0.2) is 9.97 Å². The predicted octanol–water partition coefficient (Wildman–Crippen LogP) is 7.00. The number of benzene rings is 1. The summed E-state index contributed by atoms with van der Waals surface area (Å²) in [7, 11) is 0. The highest BCUT2D eigenvalue weighted by atomic mass is 35.5. The Kier molecular flexibility index (Phi) is 7.35. The Bertz CT molecular complexity index is 1160. The molecule has 0 unspecified atom stereocenters. The van der Waals surface area contributed by atoms with E-state index in [4.69, 9.17) is 21.6 Å². The molecule has 0 aliphatic carbocycles. The summed E-state index contributed by atoms with van der Waals surface area (Å²) in [6, 6.07) is 14.3. The molecule has 0 saturated carbocycles. The van der Waals surface area contributed by atoms with Crippen molar-refractivity contribution in [3.8, 4) is 9.75 Å². The first-order valence-electron chi connectivity index (χ1n) is 10.4. The molecule has 7 heteroatoms. The lowest BCUT2D eigenvalue weighted by Crippen LogP contribution is -2.28. The summed E-state index contributed by atoms with van der Waals surface area (Å²) >= 11 is 9.76. The van der Waals surface area contributed by atoms with E-state index in [0.717, 1.165) is 42.9 Å². The number of halogens is 1. The van der Waals surface area contributed by atoms with Crippen LogP contribution < -0.4 is 5.32 Å². The van der Waals surface area contributed by atoms with Crippen molar-refractivity contribution in [2.75, 3.05) is 31.5 Å². The first kappa shape index (κ1) is 22.0. The maximum Gasteiger partial charge on any atom is 0.155 e. The van der Waals surface area contributed by atoms with Gasteiger partial charge in [-0.05, 0) is 67.0 Å². The van der Waals surface area contributed by atoms with Gasteiger partial charge in [0.1, 0.15) is 5.82 Å². The lowest BCUT2D eigenvalue weighted by atomic mass is 10.2. The molecule has 1 aromatic carbocycles. The number of anilines is 1. The Hall–Kier alpha value is -2.25. The topological polar surface area (TPSA) is 41.0 Å². The predicted molar refractivity (Wildman–Crippen MR) is 137 cm³/mol. The van der Waals surface area contributed by atoms with Gasteiger partial charge in [0.2, 0.25) is 0 Å². The number of aromatic nitrogens is 2. The van der Waals surface area contributed by atoms with E-state index in [1.54, 1.807) is 22.7 Å². The van der Waals surface area contributed by atoms with Gasteiger partial charge in [-0.2, -0.15) is 0 Å². The van der Waals surface area contributed by atoms with Crippen molar-refractivity contribution < 1.29 is 0 Å². The standard InChI is InChI=1S/C24H25ClN4S2/c1-3-29(4-2)14-13-26-24-19-10-7-17(25)16-20(19)27-23(28-24)12-9-18-8-11-22(31-18)21-6-5-15-30-21/h5-12,15-16H,3-4,13-14H2,1-2H3,(H,26,27,28). The lowest BCUT2D eigenvalue weighted by molar-refractivity contribution is 0.316. The van der Waals surface area contributed by atoms with Gasteiger partial charge in [0, 0.05) is 38.1 Å². The molecule has 0 radical (unpaired) electrons. The van der Waals surface area contributed by atoms with E-state index in [1.807, 2.05) is 24.3 Å². The van der Waals surface area contributed by atoms with Crippen LogP contribution >= 0.6 is 34.3 Å². The minimum Gasteiger partial charge on any atom is -0.368 e. The summed E-state index contributed by atoms with van der Waals surface area (Å²) in [5.41, 5.74) is 0.845. The van der Waals surface area contributed by atoms with Crippen molar-refractivity contribution in [1.82, 2.24) is 14.9 Å². The molecule has 0 saturated heterocycles. The summed E-state index contributed by atoms with van der Waals surface area (Å²) in [5, 5.41) is 7.26. The Morgan fingerprint density at radius 1 is 1.03 bits per heavy atom. The third-order valence-corrected chi connectivity index (χ3v) is 7.43. The number of thiophene rings is 2. The minimum atomic E-state index is 0.672. The molecule has 4 aromatic rings. The van der Waals surface area contributed by atoms with Crippen LogP contribution in [-0.4, -0.2) is 41.0 Å². The summed E-state index contributed by atoms with van der Waals surface area (Å²) < 4.78 is 0. The smallest absolute Gasteiger partial charge is 0.155 e. The Balaban J connectivity index is 1.57. The number of fused-ring (bicyclic) bond motifs is 1. The van der Waals surface area contributed by atoms with Gasteiger partial charge in [-0.1, -0.05) is 31.5 Å². The van der Waals surface area contributed by atoms with E-state index in [0.29, 0.717) is 10.8 Å². The third-order valence-electron chi connectivity index (χ3n) is 5.08. The fraction of sp³-hybridized carbons (Fsp3) is 0.250. The van der Waals surface area contributed by atoms with Gasteiger partial charge in [0.05, 0.1) is 5.52 Å². The van der Waals surface area contributed by atoms with Crippen molar-refractivity contribution in [2.45, 2.75) is 13.8 Å². The Labute approximate surface area is 196 Å².